The van der Waals surface area contributed by atoms with Crippen molar-refractivity contribution in [2.75, 3.05) is 26.2 Å². The predicted octanol–water partition coefficient (Wildman–Crippen LogP) is 1.74. The topological polar surface area (TPSA) is 61.8 Å². The van der Waals surface area contributed by atoms with Crippen molar-refractivity contribution in [3.63, 3.8) is 0 Å². The van der Waals surface area contributed by atoms with Crippen LogP contribution in [0, 0.1) is 5.82 Å². The number of benzene rings is 2. The smallest absolute Gasteiger partial charge is 0.258 e. The number of halogens is 1. The van der Waals surface area contributed by atoms with E-state index in [1.165, 1.54) is 35.4 Å². The van der Waals surface area contributed by atoms with Crippen LogP contribution in [0.5, 0.6) is 5.75 Å². The normalized spacial score (nSPS) is 15.2. The fourth-order valence-electron chi connectivity index (χ4n) is 3.03. The highest BCUT2D eigenvalue weighted by Gasteiger charge is 2.18. The number of aliphatic hydroxyl groups is 1. The van der Waals surface area contributed by atoms with Crippen LogP contribution in [0.15, 0.2) is 48.5 Å². The van der Waals surface area contributed by atoms with E-state index < -0.39 is 6.10 Å². The number of amides is 1. The Kier molecular flexibility index (Phi) is 6.20. The van der Waals surface area contributed by atoms with Crippen molar-refractivity contribution in [2.45, 2.75) is 19.1 Å². The second-order valence-electron chi connectivity index (χ2n) is 6.45. The molecule has 1 atom stereocenters. The molecule has 2 aromatic carbocycles. The number of carbonyl (C=O) groups excluding carboxylic acids is 1. The molecule has 2 aromatic rings. The van der Waals surface area contributed by atoms with Gasteiger partial charge in [0, 0.05) is 26.2 Å². The maximum atomic E-state index is 12.8. The molecule has 0 saturated carbocycles. The quantitative estimate of drug-likeness (QED) is 0.792. The zero-order valence-electron chi connectivity index (χ0n) is 14.5. The Balaban J connectivity index is 1.36. The highest BCUT2D eigenvalue weighted by atomic mass is 19.1. The number of ether oxygens (including phenoxy) is 1. The average Bonchev–Trinajstić information content (AvgIpc) is 2.66. The zero-order chi connectivity index (χ0) is 18.4. The monoisotopic (exact) mass is 358 g/mol. The maximum Gasteiger partial charge on any atom is 0.258 e. The van der Waals surface area contributed by atoms with Gasteiger partial charge in [-0.15, -0.1) is 0 Å². The van der Waals surface area contributed by atoms with Crippen molar-refractivity contribution < 1.29 is 19.0 Å². The summed E-state index contributed by atoms with van der Waals surface area (Å²) in [6.07, 6.45) is 0.329. The Morgan fingerprint density at radius 3 is 2.69 bits per heavy atom. The molecular weight excluding hydrogens is 335 g/mol. The molecule has 2 N–H and O–H groups in total. The number of nitrogens with one attached hydrogen (secondary N) is 1. The van der Waals surface area contributed by atoms with E-state index in [0.717, 1.165) is 19.5 Å². The van der Waals surface area contributed by atoms with Gasteiger partial charge in [0.2, 0.25) is 0 Å². The molecule has 3 rings (SSSR count). The van der Waals surface area contributed by atoms with Crippen molar-refractivity contribution in [3.05, 3.63) is 65.5 Å². The summed E-state index contributed by atoms with van der Waals surface area (Å²) >= 11 is 0. The molecule has 0 radical (unpaired) electrons. The van der Waals surface area contributed by atoms with Gasteiger partial charge in [-0.1, -0.05) is 24.3 Å². The maximum absolute atomic E-state index is 12.8. The first-order chi connectivity index (χ1) is 12.6. The van der Waals surface area contributed by atoms with Crippen molar-refractivity contribution in [2.24, 2.45) is 0 Å². The number of rotatable bonds is 7. The molecule has 0 fully saturated rings. The third-order valence-electron chi connectivity index (χ3n) is 4.40. The second-order valence-corrected chi connectivity index (χ2v) is 6.45. The first-order valence-corrected chi connectivity index (χ1v) is 8.72. The molecule has 1 aliphatic heterocycles. The summed E-state index contributed by atoms with van der Waals surface area (Å²) in [7, 11) is 0. The number of aliphatic hydroxyl groups excluding tert-OH is 1. The first-order valence-electron chi connectivity index (χ1n) is 8.72. The molecule has 138 valence electrons. The molecule has 0 aromatic heterocycles. The van der Waals surface area contributed by atoms with Crippen molar-refractivity contribution in [3.8, 4) is 5.75 Å². The summed E-state index contributed by atoms with van der Waals surface area (Å²) in [4.78, 5) is 14.0. The van der Waals surface area contributed by atoms with Crippen molar-refractivity contribution >= 4 is 5.91 Å². The van der Waals surface area contributed by atoms with Gasteiger partial charge >= 0.3 is 0 Å². The Morgan fingerprint density at radius 1 is 1.19 bits per heavy atom. The summed E-state index contributed by atoms with van der Waals surface area (Å²) in [5, 5.41) is 12.8. The summed E-state index contributed by atoms with van der Waals surface area (Å²) in [6.45, 7) is 2.22. The number of hydrogen-bond donors (Lipinski definition) is 2. The second kappa shape index (κ2) is 8.78. The molecule has 0 spiro atoms. The third-order valence-corrected chi connectivity index (χ3v) is 4.40. The minimum absolute atomic E-state index is 0.170. The molecule has 0 aliphatic carbocycles. The van der Waals surface area contributed by atoms with Crippen LogP contribution in [0.25, 0.3) is 0 Å². The van der Waals surface area contributed by atoms with Gasteiger partial charge in [-0.25, -0.2) is 4.39 Å². The Labute approximate surface area is 152 Å². The van der Waals surface area contributed by atoms with E-state index in [9.17, 15) is 14.3 Å². The summed E-state index contributed by atoms with van der Waals surface area (Å²) in [5.41, 5.74) is 2.66. The highest BCUT2D eigenvalue weighted by molar-refractivity contribution is 5.77. The van der Waals surface area contributed by atoms with Gasteiger partial charge in [0.25, 0.3) is 5.91 Å². The van der Waals surface area contributed by atoms with E-state index in [-0.39, 0.29) is 24.9 Å². The molecule has 1 aliphatic rings. The molecule has 1 heterocycles. The van der Waals surface area contributed by atoms with Gasteiger partial charge in [-0.2, -0.15) is 0 Å². The van der Waals surface area contributed by atoms with Gasteiger partial charge in [-0.05, 0) is 41.8 Å². The van der Waals surface area contributed by atoms with Crippen LogP contribution in [-0.4, -0.2) is 48.3 Å². The summed E-state index contributed by atoms with van der Waals surface area (Å²) in [6, 6.07) is 13.8. The number of hydrogen-bond acceptors (Lipinski definition) is 4. The first kappa shape index (κ1) is 18.4. The molecule has 0 bridgehead atoms. The molecule has 6 heteroatoms. The van der Waals surface area contributed by atoms with Crippen LogP contribution in [-0.2, 0) is 17.8 Å². The van der Waals surface area contributed by atoms with Gasteiger partial charge in [0.15, 0.2) is 6.61 Å². The molecule has 0 saturated heterocycles. The fraction of sp³-hybridized carbons (Fsp3) is 0.350. The zero-order valence-corrected chi connectivity index (χ0v) is 14.5. The highest BCUT2D eigenvalue weighted by Crippen LogP contribution is 2.18. The molecular formula is C20H23FN2O3. The van der Waals surface area contributed by atoms with E-state index in [1.807, 2.05) is 12.1 Å². The molecule has 1 unspecified atom stereocenters. The Morgan fingerprint density at radius 2 is 1.92 bits per heavy atom. The molecule has 26 heavy (non-hydrogen) atoms. The van der Waals surface area contributed by atoms with E-state index in [1.54, 1.807) is 0 Å². The van der Waals surface area contributed by atoms with E-state index in [4.69, 9.17) is 4.74 Å². The third kappa shape index (κ3) is 5.28. The summed E-state index contributed by atoms with van der Waals surface area (Å²) < 4.78 is 18.1. The van der Waals surface area contributed by atoms with Crippen LogP contribution in [0.3, 0.4) is 0 Å². The lowest BCUT2D eigenvalue weighted by Crippen LogP contribution is -2.42. The molecule has 5 nitrogen and oxygen atoms in total. The number of nitrogens with zero attached hydrogens (tertiary/aromatic N) is 1. The minimum atomic E-state index is -0.643. The lowest BCUT2D eigenvalue weighted by Gasteiger charge is -2.30. The minimum Gasteiger partial charge on any atom is -0.484 e. The van der Waals surface area contributed by atoms with Crippen molar-refractivity contribution in [1.29, 1.82) is 0 Å². The van der Waals surface area contributed by atoms with Crippen LogP contribution < -0.4 is 10.1 Å². The molecule has 1 amide bonds. The Bertz CT molecular complexity index is 736. The SMILES string of the molecule is O=C(COc1ccc(F)cc1)NCC(O)CN1CCc2ccccc2C1. The van der Waals surface area contributed by atoms with Crippen LogP contribution in [0.2, 0.25) is 0 Å². The van der Waals surface area contributed by atoms with E-state index >= 15 is 0 Å². The van der Waals surface area contributed by atoms with Gasteiger partial charge in [-0.3, -0.25) is 9.69 Å². The fourth-order valence-corrected chi connectivity index (χ4v) is 3.03. The predicted molar refractivity (Wildman–Crippen MR) is 96.3 cm³/mol. The van der Waals surface area contributed by atoms with E-state index in [0.29, 0.717) is 12.3 Å². The lowest BCUT2D eigenvalue weighted by molar-refractivity contribution is -0.123. The van der Waals surface area contributed by atoms with Gasteiger partial charge < -0.3 is 15.2 Å². The number of β-amino-alcohol motifs (C(OH)–C–C–N with tert-alkyl or cyclic N) is 1. The summed E-state index contributed by atoms with van der Waals surface area (Å²) in [5.74, 6) is -0.253. The largest absolute Gasteiger partial charge is 0.484 e. The Hall–Kier alpha value is -2.44. The van der Waals surface area contributed by atoms with Crippen molar-refractivity contribution in [1.82, 2.24) is 10.2 Å². The van der Waals surface area contributed by atoms with Gasteiger partial charge in [0.05, 0.1) is 6.10 Å². The van der Waals surface area contributed by atoms with Crippen LogP contribution in [0.1, 0.15) is 11.1 Å². The van der Waals surface area contributed by atoms with E-state index in [2.05, 4.69) is 22.3 Å². The number of carbonyl (C=O) groups is 1. The average molecular weight is 358 g/mol. The number of fused-ring (bicyclic) bond motifs is 1. The van der Waals surface area contributed by atoms with Gasteiger partial charge in [0.1, 0.15) is 11.6 Å². The van der Waals surface area contributed by atoms with Crippen LogP contribution in [0.4, 0.5) is 4.39 Å². The van der Waals surface area contributed by atoms with Crippen LogP contribution >= 0.6 is 0 Å². The lowest BCUT2D eigenvalue weighted by atomic mass is 10.00. The standard InChI is InChI=1S/C20H23FN2O3/c21-17-5-7-19(8-6-17)26-14-20(25)22-11-18(24)13-23-10-9-15-3-1-2-4-16(15)12-23/h1-8,18,24H,9-14H2,(H,22,25).